The molecule has 1 aromatic rings. The molecule has 0 spiro atoms. The second-order valence-electron chi connectivity index (χ2n) is 4.18. The van der Waals surface area contributed by atoms with Crippen molar-refractivity contribution >= 4 is 24.6 Å². The highest BCUT2D eigenvalue weighted by atomic mass is 16.7. The minimum atomic E-state index is -1.37. The quantitative estimate of drug-likeness (QED) is 0.331. The van der Waals surface area contributed by atoms with Crippen molar-refractivity contribution < 1.29 is 28.8 Å². The molecule has 0 atom stereocenters. The van der Waals surface area contributed by atoms with E-state index in [-0.39, 0.29) is 6.61 Å². The Balaban J connectivity index is 2.43. The van der Waals surface area contributed by atoms with Crippen molar-refractivity contribution in [2.45, 2.75) is 19.8 Å². The van der Waals surface area contributed by atoms with Gasteiger partial charge < -0.3 is 14.5 Å². The van der Waals surface area contributed by atoms with Gasteiger partial charge in [0.2, 0.25) is 0 Å². The van der Waals surface area contributed by atoms with Crippen LogP contribution in [0.2, 0.25) is 0 Å². The van der Waals surface area contributed by atoms with Crippen LogP contribution in [-0.4, -0.2) is 37.9 Å². The molecular formula is C13H18BNO6. The zero-order chi connectivity index (χ0) is 15.7. The van der Waals surface area contributed by atoms with Crippen molar-refractivity contribution in [1.29, 1.82) is 0 Å². The number of hydroxylamine groups is 1. The number of amides is 1. The molecule has 21 heavy (non-hydrogen) atoms. The molecule has 0 radical (unpaired) electrons. The Morgan fingerprint density at radius 1 is 1.29 bits per heavy atom. The molecule has 1 amide bonds. The molecule has 0 heterocycles. The van der Waals surface area contributed by atoms with Crippen molar-refractivity contribution in [1.82, 2.24) is 5.48 Å². The lowest BCUT2D eigenvalue weighted by Crippen LogP contribution is -2.41. The number of benzene rings is 1. The zero-order valence-corrected chi connectivity index (χ0v) is 12.0. The number of nitrogens with one attached hydrogen (secondary N) is 1. The number of esters is 1. The van der Waals surface area contributed by atoms with Crippen LogP contribution in [0.25, 0.3) is 0 Å². The summed E-state index contributed by atoms with van der Waals surface area (Å²) in [5, 5.41) is 9.72. The van der Waals surface area contributed by atoms with Crippen LogP contribution in [0.5, 0.6) is 0 Å². The number of hydrogen-bond donors (Lipinski definition) is 2. The molecule has 0 unspecified atom stereocenters. The van der Waals surface area contributed by atoms with E-state index in [9.17, 15) is 14.6 Å². The molecule has 0 fully saturated rings. The smallest absolute Gasteiger partial charge is 0.465 e. The fraction of sp³-hybridized carbons (Fsp3) is 0.385. The number of ether oxygens (including phenoxy) is 2. The molecule has 2 N–H and O–H groups in total. The van der Waals surface area contributed by atoms with Crippen LogP contribution in [0, 0.1) is 0 Å². The van der Waals surface area contributed by atoms with E-state index >= 15 is 0 Å². The molecule has 1 rings (SSSR count). The fourth-order valence-electron chi connectivity index (χ4n) is 1.41. The minimum absolute atomic E-state index is 0.287. The Morgan fingerprint density at radius 3 is 2.52 bits per heavy atom. The maximum absolute atomic E-state index is 11.2. The summed E-state index contributed by atoms with van der Waals surface area (Å²) in [6.45, 7) is 2.26. The van der Waals surface area contributed by atoms with E-state index in [1.54, 1.807) is 0 Å². The van der Waals surface area contributed by atoms with E-state index < -0.39 is 19.2 Å². The lowest BCUT2D eigenvalue weighted by atomic mass is 9.80. The van der Waals surface area contributed by atoms with Crippen LogP contribution >= 0.6 is 0 Å². The molecule has 7 nitrogen and oxygen atoms in total. The van der Waals surface area contributed by atoms with Crippen LogP contribution in [-0.2, 0) is 14.2 Å². The highest BCUT2D eigenvalue weighted by molar-refractivity contribution is 6.59. The highest BCUT2D eigenvalue weighted by Crippen LogP contribution is 1.99. The van der Waals surface area contributed by atoms with E-state index in [2.05, 4.69) is 4.74 Å². The van der Waals surface area contributed by atoms with Gasteiger partial charge in [-0.25, -0.2) is 15.1 Å². The van der Waals surface area contributed by atoms with E-state index in [1.165, 1.54) is 31.4 Å². The molecule has 1 aromatic carbocycles. The monoisotopic (exact) mass is 295 g/mol. The zero-order valence-electron chi connectivity index (χ0n) is 12.0. The van der Waals surface area contributed by atoms with Crippen molar-refractivity contribution in [3.05, 3.63) is 29.8 Å². The third-order valence-electron chi connectivity index (χ3n) is 2.60. The summed E-state index contributed by atoms with van der Waals surface area (Å²) in [5.74, 6) is -0.477. The van der Waals surface area contributed by atoms with Crippen LogP contribution < -0.4 is 10.9 Å². The minimum Gasteiger partial charge on any atom is -0.465 e. The van der Waals surface area contributed by atoms with Crippen LogP contribution in [0.4, 0.5) is 4.79 Å². The molecule has 0 saturated carbocycles. The molecule has 0 aromatic heterocycles. The predicted molar refractivity (Wildman–Crippen MR) is 75.9 cm³/mol. The standard InChI is InChI=1S/C13H18BNO6/c1-3-4-9-20-13(17)15-21-14(18)11-7-5-10(6-8-11)12(16)19-2/h5-8,18H,3-4,9H2,1-2H3,(H,15,17). The predicted octanol–water partition coefficient (Wildman–Crippen LogP) is 0.619. The summed E-state index contributed by atoms with van der Waals surface area (Å²) >= 11 is 0. The van der Waals surface area contributed by atoms with Gasteiger partial charge in [0.05, 0.1) is 19.3 Å². The number of carbonyl (C=O) groups excluding carboxylic acids is 2. The van der Waals surface area contributed by atoms with Gasteiger partial charge in [-0.15, -0.1) is 0 Å². The Hall–Kier alpha value is -2.06. The third kappa shape index (κ3) is 5.84. The molecular weight excluding hydrogens is 277 g/mol. The van der Waals surface area contributed by atoms with Gasteiger partial charge in [-0.05, 0) is 24.0 Å². The van der Waals surface area contributed by atoms with Gasteiger partial charge >= 0.3 is 19.2 Å². The van der Waals surface area contributed by atoms with Crippen molar-refractivity contribution in [3.8, 4) is 0 Å². The van der Waals surface area contributed by atoms with Crippen molar-refractivity contribution in [2.24, 2.45) is 0 Å². The fourth-order valence-corrected chi connectivity index (χ4v) is 1.41. The van der Waals surface area contributed by atoms with Gasteiger partial charge in [-0.2, -0.15) is 0 Å². The van der Waals surface area contributed by atoms with Gasteiger partial charge in [-0.3, -0.25) is 4.76 Å². The van der Waals surface area contributed by atoms with Crippen molar-refractivity contribution in [3.63, 3.8) is 0 Å². The van der Waals surface area contributed by atoms with Crippen LogP contribution in [0.1, 0.15) is 30.1 Å². The maximum Gasteiger partial charge on any atom is 0.514 e. The first-order valence-electron chi connectivity index (χ1n) is 6.53. The molecule has 0 saturated heterocycles. The molecule has 0 aliphatic heterocycles. The Morgan fingerprint density at radius 2 is 1.95 bits per heavy atom. The first-order valence-corrected chi connectivity index (χ1v) is 6.53. The SMILES string of the molecule is CCCCOC(=O)NOB(O)c1ccc(C(=O)OC)cc1. The largest absolute Gasteiger partial charge is 0.514 e. The van der Waals surface area contributed by atoms with E-state index in [0.29, 0.717) is 11.0 Å². The first kappa shape index (κ1) is 17.0. The Kier molecular flexibility index (Phi) is 7.27. The molecule has 114 valence electrons. The third-order valence-corrected chi connectivity index (χ3v) is 2.60. The van der Waals surface area contributed by atoms with E-state index in [0.717, 1.165) is 12.8 Å². The molecule has 0 aliphatic rings. The summed E-state index contributed by atoms with van der Waals surface area (Å²) in [7, 11) is -0.0853. The number of hydrogen-bond acceptors (Lipinski definition) is 6. The Bertz CT molecular complexity index is 464. The molecule has 0 bridgehead atoms. The van der Waals surface area contributed by atoms with E-state index in [1.807, 2.05) is 12.4 Å². The highest BCUT2D eigenvalue weighted by Gasteiger charge is 2.19. The van der Waals surface area contributed by atoms with Gasteiger partial charge in [0.1, 0.15) is 0 Å². The number of methoxy groups -OCH3 is 1. The van der Waals surface area contributed by atoms with Crippen molar-refractivity contribution in [2.75, 3.05) is 13.7 Å². The van der Waals surface area contributed by atoms with E-state index in [4.69, 9.17) is 9.49 Å². The first-order chi connectivity index (χ1) is 10.1. The van der Waals surface area contributed by atoms with Gasteiger partial charge in [0.25, 0.3) is 0 Å². The normalized spacial score (nSPS) is 9.86. The lowest BCUT2D eigenvalue weighted by Gasteiger charge is -2.10. The number of rotatable bonds is 7. The lowest BCUT2D eigenvalue weighted by molar-refractivity contribution is 0.0600. The van der Waals surface area contributed by atoms with Gasteiger partial charge in [0.15, 0.2) is 0 Å². The maximum atomic E-state index is 11.2. The second kappa shape index (κ2) is 8.99. The summed E-state index contributed by atoms with van der Waals surface area (Å²) in [6, 6.07) is 5.93. The van der Waals surface area contributed by atoms with Crippen LogP contribution in [0.3, 0.4) is 0 Å². The topological polar surface area (TPSA) is 94.1 Å². The molecule has 0 aliphatic carbocycles. The van der Waals surface area contributed by atoms with Crippen LogP contribution in [0.15, 0.2) is 24.3 Å². The average Bonchev–Trinajstić information content (AvgIpc) is 2.52. The number of unbranched alkanes of at least 4 members (excludes halogenated alkanes) is 1. The summed E-state index contributed by atoms with van der Waals surface area (Å²) < 4.78 is 14.1. The summed E-state index contributed by atoms with van der Waals surface area (Å²) in [4.78, 5) is 22.5. The Labute approximate surface area is 123 Å². The summed E-state index contributed by atoms with van der Waals surface area (Å²) in [6.07, 6.45) is 0.891. The van der Waals surface area contributed by atoms with Gasteiger partial charge in [-0.1, -0.05) is 25.5 Å². The second-order valence-corrected chi connectivity index (χ2v) is 4.18. The molecule has 8 heteroatoms. The van der Waals surface area contributed by atoms with Gasteiger partial charge in [0, 0.05) is 0 Å². The number of carbonyl (C=O) groups is 2. The average molecular weight is 295 g/mol. The summed E-state index contributed by atoms with van der Waals surface area (Å²) in [5.41, 5.74) is 2.70.